The molecule has 0 aliphatic carbocycles. The lowest BCUT2D eigenvalue weighted by atomic mass is 10.0. The van der Waals surface area contributed by atoms with Gasteiger partial charge in [0.2, 0.25) is 5.91 Å². The van der Waals surface area contributed by atoms with Gasteiger partial charge in [0.25, 0.3) is 5.69 Å². The number of non-ortho nitro benzene ring substituents is 1. The zero-order valence-electron chi connectivity index (χ0n) is 12.9. The molecule has 128 valence electrons. The fraction of sp³-hybridized carbons (Fsp3) is 0.533. The van der Waals surface area contributed by atoms with Crippen molar-refractivity contribution in [3.05, 3.63) is 39.9 Å². The molecule has 1 fully saturated rings. The van der Waals surface area contributed by atoms with Crippen LogP contribution in [0.15, 0.2) is 24.3 Å². The average molecular weight is 344 g/mol. The summed E-state index contributed by atoms with van der Waals surface area (Å²) in [6, 6.07) is 6.06. The minimum Gasteiger partial charge on any atom is -0.364 e. The van der Waals surface area contributed by atoms with Crippen molar-refractivity contribution in [3.63, 3.8) is 0 Å². The number of hydrogen-bond acceptors (Lipinski definition) is 5. The van der Waals surface area contributed by atoms with Crippen molar-refractivity contribution in [2.75, 3.05) is 6.54 Å². The van der Waals surface area contributed by atoms with Gasteiger partial charge in [-0.15, -0.1) is 12.4 Å². The molecule has 1 aromatic carbocycles. The zero-order valence-corrected chi connectivity index (χ0v) is 13.8. The van der Waals surface area contributed by atoms with Crippen LogP contribution in [0.1, 0.15) is 37.8 Å². The monoisotopic (exact) mass is 343 g/mol. The molecule has 0 bridgehead atoms. The van der Waals surface area contributed by atoms with Gasteiger partial charge in [-0.05, 0) is 24.8 Å². The van der Waals surface area contributed by atoms with Crippen molar-refractivity contribution < 1.29 is 14.5 Å². The van der Waals surface area contributed by atoms with Gasteiger partial charge in [-0.3, -0.25) is 14.9 Å². The Hall–Kier alpha value is -1.70. The molecular weight excluding hydrogens is 322 g/mol. The normalized spacial score (nSPS) is 21.3. The SMILES string of the molecule is CCC(NC(=O)[C@@H]1CC[C@H](CN)O1)c1cccc([N+](=O)[O-])c1.Cl. The van der Waals surface area contributed by atoms with Gasteiger partial charge in [0.15, 0.2) is 0 Å². The van der Waals surface area contributed by atoms with Gasteiger partial charge < -0.3 is 15.8 Å². The number of nitro groups is 1. The second kappa shape index (κ2) is 8.81. The van der Waals surface area contributed by atoms with Gasteiger partial charge >= 0.3 is 0 Å². The Kier molecular flexibility index (Phi) is 7.41. The number of nitrogens with two attached hydrogens (primary N) is 1. The molecule has 1 heterocycles. The summed E-state index contributed by atoms with van der Waals surface area (Å²) >= 11 is 0. The van der Waals surface area contributed by atoms with Crippen LogP contribution in [-0.4, -0.2) is 29.6 Å². The predicted octanol–water partition coefficient (Wildman–Crippen LogP) is 2.09. The van der Waals surface area contributed by atoms with Crippen LogP contribution in [0.3, 0.4) is 0 Å². The predicted molar refractivity (Wildman–Crippen MR) is 88.5 cm³/mol. The maximum Gasteiger partial charge on any atom is 0.269 e. The van der Waals surface area contributed by atoms with E-state index < -0.39 is 11.0 Å². The van der Waals surface area contributed by atoms with Crippen LogP contribution in [0.4, 0.5) is 5.69 Å². The molecule has 0 saturated carbocycles. The first-order valence-electron chi connectivity index (χ1n) is 7.45. The summed E-state index contributed by atoms with van der Waals surface area (Å²) < 4.78 is 5.57. The molecule has 0 aromatic heterocycles. The lowest BCUT2D eigenvalue weighted by Gasteiger charge is -2.20. The Labute approximate surface area is 141 Å². The van der Waals surface area contributed by atoms with Crippen LogP contribution in [0.25, 0.3) is 0 Å². The number of nitro benzene ring substituents is 1. The van der Waals surface area contributed by atoms with Crippen LogP contribution in [0.5, 0.6) is 0 Å². The van der Waals surface area contributed by atoms with E-state index >= 15 is 0 Å². The van der Waals surface area contributed by atoms with E-state index in [0.29, 0.717) is 19.4 Å². The molecule has 3 atom stereocenters. The number of halogens is 1. The molecule has 7 nitrogen and oxygen atoms in total. The van der Waals surface area contributed by atoms with Crippen molar-refractivity contribution in [3.8, 4) is 0 Å². The Morgan fingerprint density at radius 2 is 2.26 bits per heavy atom. The number of nitrogens with zero attached hydrogens (tertiary/aromatic N) is 1. The first-order chi connectivity index (χ1) is 10.5. The van der Waals surface area contributed by atoms with E-state index in [1.54, 1.807) is 12.1 Å². The smallest absolute Gasteiger partial charge is 0.269 e. The van der Waals surface area contributed by atoms with E-state index in [9.17, 15) is 14.9 Å². The van der Waals surface area contributed by atoms with Crippen molar-refractivity contribution in [1.29, 1.82) is 0 Å². The second-order valence-corrected chi connectivity index (χ2v) is 5.38. The maximum absolute atomic E-state index is 12.3. The minimum absolute atomic E-state index is 0. The number of ether oxygens (including phenoxy) is 1. The Morgan fingerprint density at radius 3 is 2.83 bits per heavy atom. The highest BCUT2D eigenvalue weighted by molar-refractivity contribution is 5.85. The molecule has 1 aliphatic rings. The van der Waals surface area contributed by atoms with E-state index in [1.165, 1.54) is 12.1 Å². The van der Waals surface area contributed by atoms with Gasteiger partial charge in [-0.25, -0.2) is 0 Å². The molecule has 8 heteroatoms. The quantitative estimate of drug-likeness (QED) is 0.607. The number of carbonyl (C=O) groups excluding carboxylic acids is 1. The number of benzene rings is 1. The highest BCUT2D eigenvalue weighted by atomic mass is 35.5. The molecular formula is C15H22ClN3O4. The van der Waals surface area contributed by atoms with E-state index in [4.69, 9.17) is 10.5 Å². The maximum atomic E-state index is 12.3. The average Bonchev–Trinajstić information content (AvgIpc) is 3.01. The number of hydrogen-bond donors (Lipinski definition) is 2. The molecule has 0 spiro atoms. The first kappa shape index (κ1) is 19.3. The highest BCUT2D eigenvalue weighted by Gasteiger charge is 2.31. The van der Waals surface area contributed by atoms with Crippen LogP contribution in [0.2, 0.25) is 0 Å². The van der Waals surface area contributed by atoms with Gasteiger partial charge in [-0.2, -0.15) is 0 Å². The number of rotatable bonds is 6. The molecule has 1 aliphatic heterocycles. The lowest BCUT2D eigenvalue weighted by Crippen LogP contribution is -2.37. The van der Waals surface area contributed by atoms with Crippen LogP contribution in [-0.2, 0) is 9.53 Å². The van der Waals surface area contributed by atoms with Gasteiger partial charge in [0, 0.05) is 18.7 Å². The third-order valence-corrected chi connectivity index (χ3v) is 3.87. The molecule has 3 N–H and O–H groups in total. The van der Waals surface area contributed by atoms with Gasteiger partial charge in [0.05, 0.1) is 17.1 Å². The number of nitrogens with one attached hydrogen (secondary N) is 1. The van der Waals surface area contributed by atoms with E-state index in [2.05, 4.69) is 5.32 Å². The molecule has 1 aromatic rings. The molecule has 1 amide bonds. The summed E-state index contributed by atoms with van der Waals surface area (Å²) in [6.45, 7) is 2.33. The third kappa shape index (κ3) is 4.89. The summed E-state index contributed by atoms with van der Waals surface area (Å²) in [5, 5.41) is 13.8. The van der Waals surface area contributed by atoms with E-state index in [-0.39, 0.29) is 36.1 Å². The van der Waals surface area contributed by atoms with Gasteiger partial charge in [0.1, 0.15) is 6.10 Å². The molecule has 23 heavy (non-hydrogen) atoms. The van der Waals surface area contributed by atoms with Crippen molar-refractivity contribution in [2.45, 2.75) is 44.4 Å². The molecule has 1 saturated heterocycles. The van der Waals surface area contributed by atoms with Crippen molar-refractivity contribution >= 4 is 24.0 Å². The van der Waals surface area contributed by atoms with E-state index in [0.717, 1.165) is 12.0 Å². The van der Waals surface area contributed by atoms with Crippen LogP contribution >= 0.6 is 12.4 Å². The summed E-state index contributed by atoms with van der Waals surface area (Å²) in [4.78, 5) is 22.7. The standard InChI is InChI=1S/C15H21N3O4.ClH/c1-2-13(10-4-3-5-11(8-10)18(20)21)17-15(19)14-7-6-12(9-16)22-14;/h3-5,8,12-14H,2,6-7,9,16H2,1H3,(H,17,19);1H/t12-,13?,14+;/m1./s1. The fourth-order valence-electron chi connectivity index (χ4n) is 2.61. The van der Waals surface area contributed by atoms with Crippen LogP contribution in [0, 0.1) is 10.1 Å². The largest absolute Gasteiger partial charge is 0.364 e. The molecule has 2 rings (SSSR count). The van der Waals surface area contributed by atoms with E-state index in [1.807, 2.05) is 6.92 Å². The second-order valence-electron chi connectivity index (χ2n) is 5.38. The zero-order chi connectivity index (χ0) is 16.1. The number of carbonyl (C=O) groups is 1. The fourth-order valence-corrected chi connectivity index (χ4v) is 2.61. The molecule has 0 radical (unpaired) electrons. The topological polar surface area (TPSA) is 107 Å². The summed E-state index contributed by atoms with van der Waals surface area (Å²) in [7, 11) is 0. The Bertz CT molecular complexity index is 555. The summed E-state index contributed by atoms with van der Waals surface area (Å²) in [6.07, 6.45) is 1.52. The third-order valence-electron chi connectivity index (χ3n) is 3.87. The van der Waals surface area contributed by atoms with Crippen molar-refractivity contribution in [2.24, 2.45) is 5.73 Å². The number of amides is 1. The van der Waals surface area contributed by atoms with Crippen molar-refractivity contribution in [1.82, 2.24) is 5.32 Å². The molecule has 1 unspecified atom stereocenters. The van der Waals surface area contributed by atoms with Crippen LogP contribution < -0.4 is 11.1 Å². The Balaban J connectivity index is 0.00000264. The minimum atomic E-state index is -0.485. The Morgan fingerprint density at radius 1 is 1.52 bits per heavy atom. The van der Waals surface area contributed by atoms with Gasteiger partial charge in [-0.1, -0.05) is 19.1 Å². The summed E-state index contributed by atoms with van der Waals surface area (Å²) in [5.41, 5.74) is 6.28. The lowest BCUT2D eigenvalue weighted by molar-refractivity contribution is -0.384. The first-order valence-corrected chi connectivity index (χ1v) is 7.45. The summed E-state index contributed by atoms with van der Waals surface area (Å²) in [5.74, 6) is -0.186. The highest BCUT2D eigenvalue weighted by Crippen LogP contribution is 2.24.